The third-order valence-electron chi connectivity index (χ3n) is 6.21. The van der Waals surface area contributed by atoms with Crippen LogP contribution in [0.3, 0.4) is 0 Å². The van der Waals surface area contributed by atoms with Gasteiger partial charge in [-0.3, -0.25) is 4.79 Å². The maximum atomic E-state index is 12.9. The number of carbonyl (C=O) groups is 1. The third-order valence-corrected chi connectivity index (χ3v) is 6.96. The normalized spacial score (nSPS) is 12.3. The molecular formula is C27H31N3O2S. The Balaban J connectivity index is 1.54. The lowest BCUT2D eigenvalue weighted by Gasteiger charge is -2.12. The Labute approximate surface area is 199 Å². The highest BCUT2D eigenvalue weighted by Crippen LogP contribution is 2.37. The highest BCUT2D eigenvalue weighted by molar-refractivity contribution is 7.14. The first-order chi connectivity index (χ1) is 15.8. The van der Waals surface area contributed by atoms with E-state index in [0.717, 1.165) is 45.6 Å². The van der Waals surface area contributed by atoms with Crippen LogP contribution in [0, 0.1) is 12.8 Å². The predicted molar refractivity (Wildman–Crippen MR) is 137 cm³/mol. The van der Waals surface area contributed by atoms with Gasteiger partial charge in [-0.1, -0.05) is 38.1 Å². The van der Waals surface area contributed by atoms with Crippen LogP contribution in [-0.2, 0) is 18.3 Å². The summed E-state index contributed by atoms with van der Waals surface area (Å²) in [5.74, 6) is 1.12. The van der Waals surface area contributed by atoms with Gasteiger partial charge < -0.3 is 14.6 Å². The number of rotatable bonds is 7. The average molecular weight is 462 g/mol. The lowest BCUT2D eigenvalue weighted by molar-refractivity contribution is -0.117. The first-order valence-electron chi connectivity index (χ1n) is 11.3. The number of aryl methyl sites for hydroxylation is 1. The molecule has 0 saturated heterocycles. The minimum Gasteiger partial charge on any atom is -0.497 e. The van der Waals surface area contributed by atoms with Crippen LogP contribution >= 0.6 is 11.3 Å². The number of amides is 1. The van der Waals surface area contributed by atoms with Gasteiger partial charge in [0, 0.05) is 34.6 Å². The number of hydrogen-bond donors (Lipinski definition) is 1. The van der Waals surface area contributed by atoms with Crippen molar-refractivity contribution >= 4 is 33.3 Å². The van der Waals surface area contributed by atoms with Crippen LogP contribution in [0.2, 0.25) is 0 Å². The molecule has 0 unspecified atom stereocenters. The van der Waals surface area contributed by atoms with Crippen molar-refractivity contribution in [1.82, 2.24) is 9.55 Å². The van der Waals surface area contributed by atoms with E-state index in [4.69, 9.17) is 9.72 Å². The Morgan fingerprint density at radius 2 is 1.88 bits per heavy atom. The van der Waals surface area contributed by atoms with Gasteiger partial charge in [0.15, 0.2) is 5.13 Å². The summed E-state index contributed by atoms with van der Waals surface area (Å²) in [6.45, 7) is 8.44. The first-order valence-corrected chi connectivity index (χ1v) is 12.1. The Hall–Kier alpha value is -3.12. The number of nitrogens with zero attached hydrogens (tertiary/aromatic N) is 2. The molecule has 1 amide bonds. The first kappa shape index (κ1) is 23.1. The zero-order chi connectivity index (χ0) is 23.7. The highest BCUT2D eigenvalue weighted by atomic mass is 32.1. The van der Waals surface area contributed by atoms with E-state index >= 15 is 0 Å². The van der Waals surface area contributed by atoms with Crippen LogP contribution in [-0.4, -0.2) is 22.6 Å². The molecule has 0 aliphatic carbocycles. The zero-order valence-electron chi connectivity index (χ0n) is 20.1. The molecule has 4 rings (SSSR count). The molecule has 0 spiro atoms. The molecule has 0 saturated carbocycles. The fourth-order valence-corrected chi connectivity index (χ4v) is 4.93. The maximum absolute atomic E-state index is 12.9. The Kier molecular flexibility index (Phi) is 6.56. The summed E-state index contributed by atoms with van der Waals surface area (Å²) in [4.78, 5) is 17.7. The van der Waals surface area contributed by atoms with E-state index in [0.29, 0.717) is 11.0 Å². The lowest BCUT2D eigenvalue weighted by Crippen LogP contribution is -2.18. The SMILES string of the molecule is COc1ccc2c(c1)c(-c1csc(NC(=O)[C@H](C)c3ccc(CC(C)C)cc3)n1)c(C)n2C. The van der Waals surface area contributed by atoms with E-state index in [9.17, 15) is 4.79 Å². The largest absolute Gasteiger partial charge is 0.497 e. The Morgan fingerprint density at radius 3 is 2.55 bits per heavy atom. The number of ether oxygens (including phenoxy) is 1. The van der Waals surface area contributed by atoms with E-state index in [-0.39, 0.29) is 11.8 Å². The minimum atomic E-state index is -0.256. The van der Waals surface area contributed by atoms with Crippen molar-refractivity contribution in [1.29, 1.82) is 0 Å². The van der Waals surface area contributed by atoms with Gasteiger partial charge in [-0.2, -0.15) is 0 Å². The molecule has 1 atom stereocenters. The number of benzene rings is 2. The summed E-state index contributed by atoms with van der Waals surface area (Å²) in [5, 5.41) is 6.71. The molecule has 0 bridgehead atoms. The van der Waals surface area contributed by atoms with Crippen LogP contribution in [0.25, 0.3) is 22.2 Å². The van der Waals surface area contributed by atoms with Crippen LogP contribution in [0.15, 0.2) is 47.8 Å². The Morgan fingerprint density at radius 1 is 1.15 bits per heavy atom. The van der Waals surface area contributed by atoms with Gasteiger partial charge in [0.2, 0.25) is 5.91 Å². The van der Waals surface area contributed by atoms with Gasteiger partial charge in [-0.15, -0.1) is 11.3 Å². The van der Waals surface area contributed by atoms with Gasteiger partial charge >= 0.3 is 0 Å². The van der Waals surface area contributed by atoms with Crippen molar-refractivity contribution in [2.75, 3.05) is 12.4 Å². The second kappa shape index (κ2) is 9.40. The number of anilines is 1. The smallest absolute Gasteiger partial charge is 0.233 e. The summed E-state index contributed by atoms with van der Waals surface area (Å²) in [6.07, 6.45) is 1.04. The molecule has 2 aromatic carbocycles. The molecule has 0 radical (unpaired) electrons. The van der Waals surface area contributed by atoms with Crippen molar-refractivity contribution in [3.05, 3.63) is 64.7 Å². The molecule has 1 N–H and O–H groups in total. The number of fused-ring (bicyclic) bond motifs is 1. The van der Waals surface area contributed by atoms with Crippen molar-refractivity contribution in [2.24, 2.45) is 13.0 Å². The monoisotopic (exact) mass is 461 g/mol. The van der Waals surface area contributed by atoms with Gasteiger partial charge in [0.1, 0.15) is 5.75 Å². The minimum absolute atomic E-state index is 0.0520. The standard InChI is InChI=1S/C27H31N3O2S/c1-16(2)13-19-7-9-20(10-8-19)17(3)26(31)29-27-28-23(15-33-27)25-18(4)30(5)24-12-11-21(32-6)14-22(24)25/h7-12,14-17H,13H2,1-6H3,(H,28,29,31)/t17-/m1/s1. The van der Waals surface area contributed by atoms with Gasteiger partial charge in [-0.25, -0.2) is 4.98 Å². The van der Waals surface area contributed by atoms with Crippen molar-refractivity contribution in [2.45, 2.75) is 40.0 Å². The average Bonchev–Trinajstić information content (AvgIpc) is 3.35. The van der Waals surface area contributed by atoms with E-state index in [1.807, 2.05) is 24.4 Å². The van der Waals surface area contributed by atoms with Gasteiger partial charge in [0.05, 0.1) is 18.7 Å². The second-order valence-electron chi connectivity index (χ2n) is 8.99. The quantitative estimate of drug-likeness (QED) is 0.339. The molecule has 0 aliphatic rings. The maximum Gasteiger partial charge on any atom is 0.233 e. The van der Waals surface area contributed by atoms with Crippen molar-refractivity contribution in [3.63, 3.8) is 0 Å². The number of hydrogen-bond acceptors (Lipinski definition) is 4. The van der Waals surface area contributed by atoms with E-state index < -0.39 is 0 Å². The molecular weight excluding hydrogens is 430 g/mol. The molecule has 172 valence electrons. The third kappa shape index (κ3) is 4.67. The van der Waals surface area contributed by atoms with E-state index in [1.165, 1.54) is 16.9 Å². The zero-order valence-corrected chi connectivity index (χ0v) is 20.9. The van der Waals surface area contributed by atoms with Crippen molar-refractivity contribution in [3.8, 4) is 17.0 Å². The van der Waals surface area contributed by atoms with Crippen LogP contribution in [0.5, 0.6) is 5.75 Å². The summed E-state index contributed by atoms with van der Waals surface area (Å²) in [6, 6.07) is 14.4. The summed E-state index contributed by atoms with van der Waals surface area (Å²) in [5.41, 5.74) is 6.48. The van der Waals surface area contributed by atoms with Crippen LogP contribution in [0.1, 0.15) is 43.5 Å². The molecule has 0 fully saturated rings. The number of nitrogens with one attached hydrogen (secondary N) is 1. The summed E-state index contributed by atoms with van der Waals surface area (Å²) >= 11 is 1.45. The number of aromatic nitrogens is 2. The molecule has 2 aromatic heterocycles. The number of methoxy groups -OCH3 is 1. The molecule has 5 nitrogen and oxygen atoms in total. The van der Waals surface area contributed by atoms with E-state index in [2.05, 4.69) is 68.0 Å². The molecule has 33 heavy (non-hydrogen) atoms. The second-order valence-corrected chi connectivity index (χ2v) is 9.85. The van der Waals surface area contributed by atoms with Crippen LogP contribution in [0.4, 0.5) is 5.13 Å². The molecule has 6 heteroatoms. The Bertz CT molecular complexity index is 1280. The van der Waals surface area contributed by atoms with Gasteiger partial charge in [-0.05, 0) is 55.5 Å². The molecule has 4 aromatic rings. The lowest BCUT2D eigenvalue weighted by atomic mass is 9.96. The fraction of sp³-hybridized carbons (Fsp3) is 0.333. The van der Waals surface area contributed by atoms with E-state index in [1.54, 1.807) is 7.11 Å². The van der Waals surface area contributed by atoms with Gasteiger partial charge in [0.25, 0.3) is 0 Å². The number of thiazole rings is 1. The fourth-order valence-electron chi connectivity index (χ4n) is 4.23. The predicted octanol–water partition coefficient (Wildman–Crippen LogP) is 6.56. The molecule has 0 aliphatic heterocycles. The topological polar surface area (TPSA) is 56.1 Å². The summed E-state index contributed by atoms with van der Waals surface area (Å²) in [7, 11) is 3.73. The summed E-state index contributed by atoms with van der Waals surface area (Å²) < 4.78 is 7.59. The van der Waals surface area contributed by atoms with Crippen molar-refractivity contribution < 1.29 is 9.53 Å². The highest BCUT2D eigenvalue weighted by Gasteiger charge is 2.20. The number of carbonyl (C=O) groups excluding carboxylic acids is 1. The van der Waals surface area contributed by atoms with Crippen LogP contribution < -0.4 is 10.1 Å². The molecule has 2 heterocycles.